The second-order valence-corrected chi connectivity index (χ2v) is 6.16. The number of benzene rings is 1. The van der Waals surface area contributed by atoms with Gasteiger partial charge in [0.1, 0.15) is 11.5 Å². The summed E-state index contributed by atoms with van der Waals surface area (Å²) in [5, 5.41) is 14.2. The summed E-state index contributed by atoms with van der Waals surface area (Å²) in [6.07, 6.45) is 1.25. The number of nitrogens with zero attached hydrogens (tertiary/aromatic N) is 2. The zero-order valence-corrected chi connectivity index (χ0v) is 14.9. The van der Waals surface area contributed by atoms with Crippen molar-refractivity contribution in [2.45, 2.75) is 19.4 Å². The second-order valence-electron chi connectivity index (χ2n) is 5.76. The van der Waals surface area contributed by atoms with Crippen molar-refractivity contribution in [3.05, 3.63) is 51.2 Å². The molecule has 0 unspecified atom stereocenters. The molecule has 1 N–H and O–H groups in total. The zero-order valence-electron chi connectivity index (χ0n) is 14.1. The van der Waals surface area contributed by atoms with Crippen LogP contribution in [0.15, 0.2) is 34.7 Å². The number of nitrogens with one attached hydrogen (secondary N) is 1. The fourth-order valence-electron chi connectivity index (χ4n) is 2.23. The highest BCUT2D eigenvalue weighted by Gasteiger charge is 2.13. The molecule has 0 aliphatic heterocycles. The largest absolute Gasteiger partial charge is 0.460 e. The first-order valence-electron chi connectivity index (χ1n) is 7.82. The van der Waals surface area contributed by atoms with E-state index in [9.17, 15) is 14.9 Å². The van der Waals surface area contributed by atoms with Gasteiger partial charge in [-0.2, -0.15) is 0 Å². The fraction of sp³-hybridized carbons (Fsp3) is 0.353. The minimum atomic E-state index is -0.492. The number of amides is 1. The predicted molar refractivity (Wildman–Crippen MR) is 95.4 cm³/mol. The summed E-state index contributed by atoms with van der Waals surface area (Å²) >= 11 is 6.10. The van der Waals surface area contributed by atoms with Crippen LogP contribution in [0, 0.1) is 10.1 Å². The van der Waals surface area contributed by atoms with Gasteiger partial charge < -0.3 is 14.6 Å². The van der Waals surface area contributed by atoms with E-state index < -0.39 is 4.92 Å². The number of non-ortho nitro benzene ring substituents is 1. The van der Waals surface area contributed by atoms with Crippen LogP contribution >= 0.6 is 11.6 Å². The van der Waals surface area contributed by atoms with Crippen molar-refractivity contribution >= 4 is 23.2 Å². The van der Waals surface area contributed by atoms with Gasteiger partial charge in [0.25, 0.3) is 5.69 Å². The molecule has 1 aromatic carbocycles. The lowest BCUT2D eigenvalue weighted by atomic mass is 10.1. The lowest BCUT2D eigenvalue weighted by Crippen LogP contribution is -2.23. The van der Waals surface area contributed by atoms with E-state index in [1.807, 2.05) is 6.07 Å². The Balaban J connectivity index is 1.88. The molecule has 0 saturated carbocycles. The molecular formula is C17H20ClN3O4. The van der Waals surface area contributed by atoms with E-state index in [1.54, 1.807) is 31.1 Å². The molecule has 0 radical (unpaired) electrons. The molecule has 1 amide bonds. The van der Waals surface area contributed by atoms with E-state index in [-0.39, 0.29) is 16.6 Å². The number of carbonyl (C=O) groups excluding carboxylic acids is 1. The van der Waals surface area contributed by atoms with Gasteiger partial charge in [-0.1, -0.05) is 11.6 Å². The first-order valence-corrected chi connectivity index (χ1v) is 8.20. The lowest BCUT2D eigenvalue weighted by Gasteiger charge is -2.09. The number of carbonyl (C=O) groups is 1. The number of halogens is 1. The van der Waals surface area contributed by atoms with Crippen LogP contribution in [0.25, 0.3) is 11.3 Å². The number of rotatable bonds is 8. The highest BCUT2D eigenvalue weighted by atomic mass is 35.5. The minimum absolute atomic E-state index is 0.0607. The molecule has 0 saturated heterocycles. The van der Waals surface area contributed by atoms with E-state index >= 15 is 0 Å². The van der Waals surface area contributed by atoms with Gasteiger partial charge in [-0.3, -0.25) is 14.9 Å². The molecule has 0 bridgehead atoms. The SMILES string of the molecule is CN(C)C(=O)CCCNCc1ccc(-c2ccc([N+](=O)[O-])cc2Cl)o1. The average Bonchev–Trinajstić information content (AvgIpc) is 3.02. The van der Waals surface area contributed by atoms with Crippen LogP contribution in [-0.4, -0.2) is 36.4 Å². The Hall–Kier alpha value is -2.38. The van der Waals surface area contributed by atoms with Crippen LogP contribution in [0.2, 0.25) is 5.02 Å². The number of furan rings is 1. The van der Waals surface area contributed by atoms with Crippen molar-refractivity contribution in [3.63, 3.8) is 0 Å². The standard InChI is InChI=1S/C17H20ClN3O4/c1-20(2)17(22)4-3-9-19-11-13-6-8-16(25-13)14-7-5-12(21(23)24)10-15(14)18/h5-8,10,19H,3-4,9,11H2,1-2H3. The first kappa shape index (κ1) is 19.0. The maximum Gasteiger partial charge on any atom is 0.270 e. The number of hydrogen-bond donors (Lipinski definition) is 1. The third kappa shape index (κ3) is 5.30. The van der Waals surface area contributed by atoms with Crippen LogP contribution in [-0.2, 0) is 11.3 Å². The van der Waals surface area contributed by atoms with Crippen molar-refractivity contribution in [2.24, 2.45) is 0 Å². The van der Waals surface area contributed by atoms with Gasteiger partial charge in [0, 0.05) is 38.2 Å². The maximum atomic E-state index is 11.5. The Morgan fingerprint density at radius 1 is 1.32 bits per heavy atom. The van der Waals surface area contributed by atoms with Gasteiger partial charge in [0.15, 0.2) is 0 Å². The molecule has 1 aromatic heterocycles. The van der Waals surface area contributed by atoms with Crippen molar-refractivity contribution in [3.8, 4) is 11.3 Å². The van der Waals surface area contributed by atoms with Crippen molar-refractivity contribution in [2.75, 3.05) is 20.6 Å². The molecule has 0 spiro atoms. The summed E-state index contributed by atoms with van der Waals surface area (Å²) in [4.78, 5) is 23.3. The van der Waals surface area contributed by atoms with Crippen LogP contribution in [0.1, 0.15) is 18.6 Å². The number of hydrogen-bond acceptors (Lipinski definition) is 5. The molecule has 0 fully saturated rings. The Bertz CT molecular complexity index is 758. The average molecular weight is 366 g/mol. The third-order valence-electron chi connectivity index (χ3n) is 3.63. The summed E-state index contributed by atoms with van der Waals surface area (Å²) in [7, 11) is 3.48. The maximum absolute atomic E-state index is 11.5. The van der Waals surface area contributed by atoms with Crippen LogP contribution < -0.4 is 5.32 Å². The molecule has 2 aromatic rings. The minimum Gasteiger partial charge on any atom is -0.460 e. The number of nitro benzene ring substituents is 1. The van der Waals surface area contributed by atoms with Crippen LogP contribution in [0.5, 0.6) is 0 Å². The summed E-state index contributed by atoms with van der Waals surface area (Å²) in [5.74, 6) is 1.39. The zero-order chi connectivity index (χ0) is 18.4. The molecular weight excluding hydrogens is 346 g/mol. The summed E-state index contributed by atoms with van der Waals surface area (Å²) in [6, 6.07) is 7.87. The van der Waals surface area contributed by atoms with Gasteiger partial charge in [-0.05, 0) is 31.2 Å². The van der Waals surface area contributed by atoms with Gasteiger partial charge in [0.05, 0.1) is 16.5 Å². The van der Waals surface area contributed by atoms with Gasteiger partial charge >= 0.3 is 0 Å². The normalized spacial score (nSPS) is 10.7. The second kappa shape index (κ2) is 8.64. The van der Waals surface area contributed by atoms with E-state index in [4.69, 9.17) is 16.0 Å². The summed E-state index contributed by atoms with van der Waals surface area (Å²) < 4.78 is 5.72. The molecule has 134 valence electrons. The highest BCUT2D eigenvalue weighted by molar-refractivity contribution is 6.33. The Kier molecular flexibility index (Phi) is 6.55. The first-order chi connectivity index (χ1) is 11.9. The van der Waals surface area contributed by atoms with Gasteiger partial charge in [-0.25, -0.2) is 0 Å². The summed E-state index contributed by atoms with van der Waals surface area (Å²) in [5.41, 5.74) is 0.546. The molecule has 7 nitrogen and oxygen atoms in total. The topological polar surface area (TPSA) is 88.6 Å². The lowest BCUT2D eigenvalue weighted by molar-refractivity contribution is -0.384. The molecule has 0 aliphatic carbocycles. The Morgan fingerprint density at radius 3 is 2.72 bits per heavy atom. The van der Waals surface area contributed by atoms with Crippen LogP contribution in [0.4, 0.5) is 5.69 Å². The third-order valence-corrected chi connectivity index (χ3v) is 3.95. The molecule has 1 heterocycles. The Labute approximate surface area is 150 Å². The molecule has 2 rings (SSSR count). The van der Waals surface area contributed by atoms with E-state index in [0.29, 0.717) is 30.8 Å². The molecule has 0 aliphatic rings. The quantitative estimate of drug-likeness (QED) is 0.439. The van der Waals surface area contributed by atoms with E-state index in [2.05, 4.69) is 5.32 Å². The van der Waals surface area contributed by atoms with E-state index in [0.717, 1.165) is 12.2 Å². The van der Waals surface area contributed by atoms with Gasteiger partial charge in [-0.15, -0.1) is 0 Å². The van der Waals surface area contributed by atoms with Crippen molar-refractivity contribution in [1.82, 2.24) is 10.2 Å². The van der Waals surface area contributed by atoms with Crippen LogP contribution in [0.3, 0.4) is 0 Å². The van der Waals surface area contributed by atoms with E-state index in [1.165, 1.54) is 12.1 Å². The molecule has 8 heteroatoms. The highest BCUT2D eigenvalue weighted by Crippen LogP contribution is 2.32. The predicted octanol–water partition coefficient (Wildman–Crippen LogP) is 3.47. The fourth-order valence-corrected chi connectivity index (χ4v) is 2.50. The van der Waals surface area contributed by atoms with Gasteiger partial charge in [0.2, 0.25) is 5.91 Å². The molecule has 25 heavy (non-hydrogen) atoms. The van der Waals surface area contributed by atoms with Crippen molar-refractivity contribution in [1.29, 1.82) is 0 Å². The smallest absolute Gasteiger partial charge is 0.270 e. The number of nitro groups is 1. The van der Waals surface area contributed by atoms with Crippen molar-refractivity contribution < 1.29 is 14.1 Å². The monoisotopic (exact) mass is 365 g/mol. The molecule has 0 atom stereocenters. The summed E-state index contributed by atoms with van der Waals surface area (Å²) in [6.45, 7) is 1.23. The Morgan fingerprint density at radius 2 is 2.08 bits per heavy atom.